The summed E-state index contributed by atoms with van der Waals surface area (Å²) < 4.78 is 61.6. The number of aromatic nitrogens is 1. The molecule has 216 valence electrons. The summed E-state index contributed by atoms with van der Waals surface area (Å²) in [7, 11) is 0. The van der Waals surface area contributed by atoms with Gasteiger partial charge in [-0.25, -0.2) is 4.79 Å². The molecule has 4 aliphatic rings. The van der Waals surface area contributed by atoms with E-state index in [1.807, 2.05) is 18.2 Å². The van der Waals surface area contributed by atoms with Crippen LogP contribution in [0.25, 0.3) is 17.3 Å². The highest BCUT2D eigenvalue weighted by molar-refractivity contribution is 5.88. The number of halogens is 3. The first-order valence-corrected chi connectivity index (χ1v) is 13.7. The first-order valence-electron chi connectivity index (χ1n) is 13.7. The van der Waals surface area contributed by atoms with Crippen molar-refractivity contribution in [3.8, 4) is 17.0 Å². The molecule has 41 heavy (non-hydrogen) atoms. The fraction of sp³-hybridized carbons (Fsp3) is 0.419. The second-order valence-electron chi connectivity index (χ2n) is 11.3. The van der Waals surface area contributed by atoms with Gasteiger partial charge in [0.2, 0.25) is 0 Å². The van der Waals surface area contributed by atoms with Gasteiger partial charge in [0.15, 0.2) is 0 Å². The summed E-state index contributed by atoms with van der Waals surface area (Å²) in [5.41, 5.74) is 1.70. The molecule has 4 fully saturated rings. The van der Waals surface area contributed by atoms with Crippen LogP contribution in [0.5, 0.6) is 5.75 Å². The van der Waals surface area contributed by atoms with Crippen LogP contribution >= 0.6 is 0 Å². The molecule has 2 aromatic carbocycles. The van der Waals surface area contributed by atoms with E-state index in [-0.39, 0.29) is 40.4 Å². The molecular weight excluding hydrogens is 539 g/mol. The Morgan fingerprint density at radius 3 is 2.56 bits per heavy atom. The Morgan fingerprint density at radius 2 is 1.88 bits per heavy atom. The van der Waals surface area contributed by atoms with Gasteiger partial charge in [-0.3, -0.25) is 0 Å². The van der Waals surface area contributed by atoms with Crippen molar-refractivity contribution in [2.45, 2.75) is 63.0 Å². The van der Waals surface area contributed by atoms with E-state index in [1.54, 1.807) is 30.3 Å². The molecule has 2 bridgehead atoms. The number of carbonyl (C=O) groups is 1. The fourth-order valence-corrected chi connectivity index (χ4v) is 5.80. The Morgan fingerprint density at radius 1 is 1.10 bits per heavy atom. The SMILES string of the molecule is O=C(O)c1cccc(/C=C/C23CCC(COCc4c(-c5ccccc5OC(F)(F)F)noc4C4CC4)(CC2)CO3)c1. The number of para-hydroxylation sites is 1. The molecule has 1 N–H and O–H groups in total. The number of nitrogens with zero attached hydrogens (tertiary/aromatic N) is 1. The van der Waals surface area contributed by atoms with E-state index in [9.17, 15) is 23.1 Å². The van der Waals surface area contributed by atoms with Gasteiger partial charge in [-0.15, -0.1) is 13.2 Å². The van der Waals surface area contributed by atoms with Crippen molar-refractivity contribution in [1.82, 2.24) is 5.16 Å². The molecule has 3 heterocycles. The fourth-order valence-electron chi connectivity index (χ4n) is 5.80. The molecule has 7 nitrogen and oxygen atoms in total. The summed E-state index contributed by atoms with van der Waals surface area (Å²) in [6.07, 6.45) is 4.47. The van der Waals surface area contributed by atoms with E-state index in [4.69, 9.17) is 14.0 Å². The predicted molar refractivity (Wildman–Crippen MR) is 142 cm³/mol. The summed E-state index contributed by atoms with van der Waals surface area (Å²) in [6, 6.07) is 12.7. The molecule has 0 unspecified atom stereocenters. The second-order valence-corrected chi connectivity index (χ2v) is 11.3. The van der Waals surface area contributed by atoms with Crippen molar-refractivity contribution in [3.05, 3.63) is 77.1 Å². The molecule has 1 aromatic heterocycles. The van der Waals surface area contributed by atoms with Crippen LogP contribution in [0.1, 0.15) is 71.7 Å². The van der Waals surface area contributed by atoms with Gasteiger partial charge in [0, 0.05) is 22.5 Å². The molecule has 2 aliphatic heterocycles. The van der Waals surface area contributed by atoms with Crippen molar-refractivity contribution < 1.29 is 41.8 Å². The number of carboxylic acid groups (broad SMARTS) is 1. The number of hydrogen-bond donors (Lipinski definition) is 1. The Balaban J connectivity index is 1.12. The van der Waals surface area contributed by atoms with Crippen molar-refractivity contribution in [3.63, 3.8) is 0 Å². The maximum Gasteiger partial charge on any atom is 0.573 e. The van der Waals surface area contributed by atoms with Crippen LogP contribution in [0.15, 0.2) is 59.1 Å². The highest BCUT2D eigenvalue weighted by Crippen LogP contribution is 2.50. The van der Waals surface area contributed by atoms with Crippen LogP contribution in [0.2, 0.25) is 0 Å². The molecule has 7 rings (SSSR count). The number of rotatable bonds is 10. The minimum absolute atomic E-state index is 0.146. The Bertz CT molecular complexity index is 1430. The number of fused-ring (bicyclic) bond motifs is 3. The predicted octanol–water partition coefficient (Wildman–Crippen LogP) is 7.38. The third kappa shape index (κ3) is 6.04. The molecule has 2 saturated carbocycles. The molecule has 10 heteroatoms. The average Bonchev–Trinajstić information content (AvgIpc) is 3.72. The van der Waals surface area contributed by atoms with Gasteiger partial charge in [-0.2, -0.15) is 0 Å². The smallest absolute Gasteiger partial charge is 0.478 e. The minimum atomic E-state index is -4.83. The van der Waals surface area contributed by atoms with Gasteiger partial charge in [0.05, 0.1) is 31.0 Å². The average molecular weight is 570 g/mol. The summed E-state index contributed by atoms with van der Waals surface area (Å²) in [5, 5.41) is 13.4. The van der Waals surface area contributed by atoms with E-state index in [0.29, 0.717) is 30.2 Å². The van der Waals surface area contributed by atoms with Gasteiger partial charge in [0.25, 0.3) is 0 Å². The summed E-state index contributed by atoms with van der Waals surface area (Å²) in [5.74, 6) is -0.433. The topological polar surface area (TPSA) is 91.0 Å². The molecule has 0 radical (unpaired) electrons. The van der Waals surface area contributed by atoms with Gasteiger partial charge in [0.1, 0.15) is 17.2 Å². The summed E-state index contributed by atoms with van der Waals surface area (Å²) in [6.45, 7) is 1.14. The third-order valence-electron chi connectivity index (χ3n) is 8.33. The van der Waals surface area contributed by atoms with E-state index in [2.05, 4.69) is 9.89 Å². The van der Waals surface area contributed by atoms with Gasteiger partial charge in [-0.1, -0.05) is 41.6 Å². The van der Waals surface area contributed by atoms with Crippen LogP contribution in [0.3, 0.4) is 0 Å². The lowest BCUT2D eigenvalue weighted by Gasteiger charge is -2.52. The van der Waals surface area contributed by atoms with Crippen LogP contribution < -0.4 is 4.74 Å². The first-order chi connectivity index (χ1) is 19.6. The van der Waals surface area contributed by atoms with Crippen LogP contribution in [-0.4, -0.2) is 41.4 Å². The quantitative estimate of drug-likeness (QED) is 0.273. The lowest BCUT2D eigenvalue weighted by molar-refractivity contribution is -0.274. The van der Waals surface area contributed by atoms with E-state index in [0.717, 1.165) is 44.1 Å². The van der Waals surface area contributed by atoms with Crippen molar-refractivity contribution in [2.24, 2.45) is 5.41 Å². The summed E-state index contributed by atoms with van der Waals surface area (Å²) >= 11 is 0. The molecule has 0 atom stereocenters. The Hall–Kier alpha value is -3.63. The van der Waals surface area contributed by atoms with E-state index >= 15 is 0 Å². The first kappa shape index (κ1) is 27.5. The second kappa shape index (κ2) is 10.6. The van der Waals surface area contributed by atoms with E-state index < -0.39 is 12.3 Å². The third-order valence-corrected chi connectivity index (χ3v) is 8.33. The normalized spacial score (nSPS) is 24.2. The monoisotopic (exact) mass is 569 g/mol. The van der Waals surface area contributed by atoms with Crippen molar-refractivity contribution in [2.75, 3.05) is 13.2 Å². The van der Waals surface area contributed by atoms with Crippen LogP contribution in [0.4, 0.5) is 13.2 Å². The molecule has 2 aliphatic carbocycles. The van der Waals surface area contributed by atoms with E-state index in [1.165, 1.54) is 12.1 Å². The largest absolute Gasteiger partial charge is 0.573 e. The zero-order valence-corrected chi connectivity index (χ0v) is 22.3. The standard InChI is InChI=1S/C31H30F3NO6/c32-31(33,34)40-25-7-2-1-6-23(25)26-24(27(41-35-26)21-8-9-21)17-38-18-29-12-14-30(15-13-29,39-19-29)11-10-20-4-3-5-22(16-20)28(36)37/h1-7,10-11,16,21H,8-9,12-15,17-19H2,(H,36,37)/b11-10+. The number of carboxylic acids is 1. The number of benzene rings is 2. The maximum atomic E-state index is 13.1. The number of alkyl halides is 3. The van der Waals surface area contributed by atoms with Gasteiger partial charge in [-0.05, 0) is 68.4 Å². The Labute approximate surface area is 234 Å². The zero-order chi connectivity index (χ0) is 28.7. The van der Waals surface area contributed by atoms with Crippen LogP contribution in [0, 0.1) is 5.41 Å². The molecule has 0 amide bonds. The highest BCUT2D eigenvalue weighted by Gasteiger charge is 2.49. The highest BCUT2D eigenvalue weighted by atomic mass is 19.4. The molecule has 3 aromatic rings. The molecule has 0 spiro atoms. The maximum absolute atomic E-state index is 13.1. The lowest BCUT2D eigenvalue weighted by atomic mass is 9.66. The van der Waals surface area contributed by atoms with Crippen LogP contribution in [-0.2, 0) is 16.1 Å². The summed E-state index contributed by atoms with van der Waals surface area (Å²) in [4.78, 5) is 11.3. The molecule has 2 saturated heterocycles. The Kier molecular flexibility index (Phi) is 7.15. The zero-order valence-electron chi connectivity index (χ0n) is 22.3. The lowest BCUT2D eigenvalue weighted by Crippen LogP contribution is -2.51. The van der Waals surface area contributed by atoms with Gasteiger partial charge < -0.3 is 23.8 Å². The minimum Gasteiger partial charge on any atom is -0.478 e. The van der Waals surface area contributed by atoms with Crippen molar-refractivity contribution >= 4 is 12.0 Å². The number of hydrogen-bond acceptors (Lipinski definition) is 6. The van der Waals surface area contributed by atoms with Gasteiger partial charge >= 0.3 is 12.3 Å². The number of aromatic carboxylic acids is 1. The molecular formula is C31H30F3NO6. The van der Waals surface area contributed by atoms with Crippen molar-refractivity contribution in [1.29, 1.82) is 0 Å². The number of ether oxygens (including phenoxy) is 3.